The first-order valence-corrected chi connectivity index (χ1v) is 7.49. The van der Waals surface area contributed by atoms with Crippen LogP contribution in [0.5, 0.6) is 0 Å². The molecule has 0 saturated carbocycles. The maximum atomic E-state index is 6.12. The minimum absolute atomic E-state index is 0.391. The van der Waals surface area contributed by atoms with Crippen LogP contribution in [0.15, 0.2) is 6.07 Å². The third-order valence-corrected chi connectivity index (χ3v) is 3.83. The molecule has 4 nitrogen and oxygen atoms in total. The Hall–Kier alpha value is -0.580. The molecular formula is C13H20Cl2N4. The molecule has 1 aliphatic rings. The fraction of sp³-hybridized carbons (Fsp3) is 0.692. The van der Waals surface area contributed by atoms with E-state index >= 15 is 0 Å². The molecule has 0 radical (unpaired) electrons. The van der Waals surface area contributed by atoms with Gasteiger partial charge < -0.3 is 10.2 Å². The maximum Gasteiger partial charge on any atom is 0.175 e. The molecule has 2 heterocycles. The number of piperidine rings is 1. The standard InChI is InChI=1S/C13H20Cl2N4/c1-9(2)16-7-10-4-3-5-19(8-10)11-6-12(14)17-18-13(11)15/h6,9-10,16H,3-5,7-8H2,1-2H3. The number of halogens is 2. The van der Waals surface area contributed by atoms with E-state index in [1.165, 1.54) is 12.8 Å². The van der Waals surface area contributed by atoms with E-state index in [9.17, 15) is 0 Å². The van der Waals surface area contributed by atoms with Gasteiger partial charge in [0.15, 0.2) is 10.3 Å². The third-order valence-electron chi connectivity index (χ3n) is 3.37. The van der Waals surface area contributed by atoms with E-state index in [1.54, 1.807) is 6.07 Å². The van der Waals surface area contributed by atoms with Crippen molar-refractivity contribution in [3.8, 4) is 0 Å². The molecule has 0 amide bonds. The minimum Gasteiger partial charge on any atom is -0.369 e. The molecule has 0 bridgehead atoms. The molecule has 1 fully saturated rings. The summed E-state index contributed by atoms with van der Waals surface area (Å²) in [4.78, 5) is 2.26. The summed E-state index contributed by atoms with van der Waals surface area (Å²) in [5, 5.41) is 12.0. The Morgan fingerprint density at radius 3 is 2.95 bits per heavy atom. The van der Waals surface area contributed by atoms with Crippen LogP contribution in [0.1, 0.15) is 26.7 Å². The molecular weight excluding hydrogens is 283 g/mol. The molecule has 1 saturated heterocycles. The van der Waals surface area contributed by atoms with Crippen LogP contribution in [-0.4, -0.2) is 35.9 Å². The molecule has 1 aromatic heterocycles. The van der Waals surface area contributed by atoms with Gasteiger partial charge in [0.05, 0.1) is 5.69 Å². The average Bonchev–Trinajstić information content (AvgIpc) is 2.39. The van der Waals surface area contributed by atoms with Gasteiger partial charge in [-0.25, -0.2) is 0 Å². The lowest BCUT2D eigenvalue weighted by Gasteiger charge is -2.35. The fourth-order valence-corrected chi connectivity index (χ4v) is 2.77. The van der Waals surface area contributed by atoms with Crippen LogP contribution < -0.4 is 10.2 Å². The van der Waals surface area contributed by atoms with Gasteiger partial charge in [-0.05, 0) is 25.3 Å². The summed E-state index contributed by atoms with van der Waals surface area (Å²) < 4.78 is 0. The molecule has 1 aromatic rings. The summed E-state index contributed by atoms with van der Waals surface area (Å²) in [5.41, 5.74) is 0.899. The van der Waals surface area contributed by atoms with Crippen LogP contribution >= 0.6 is 23.2 Å². The monoisotopic (exact) mass is 302 g/mol. The first-order valence-electron chi connectivity index (χ1n) is 6.73. The predicted octanol–water partition coefficient (Wildman–Crippen LogP) is 3.00. The largest absolute Gasteiger partial charge is 0.369 e. The summed E-state index contributed by atoms with van der Waals surface area (Å²) in [6.45, 7) is 7.37. The van der Waals surface area contributed by atoms with E-state index in [1.807, 2.05) is 0 Å². The first-order chi connectivity index (χ1) is 9.06. The summed E-state index contributed by atoms with van der Waals surface area (Å²) in [6, 6.07) is 2.32. The van der Waals surface area contributed by atoms with Gasteiger partial charge in [-0.2, -0.15) is 0 Å². The second-order valence-electron chi connectivity index (χ2n) is 5.36. The van der Waals surface area contributed by atoms with Crippen LogP contribution in [0.2, 0.25) is 10.3 Å². The average molecular weight is 303 g/mol. The van der Waals surface area contributed by atoms with Crippen LogP contribution in [0.25, 0.3) is 0 Å². The number of rotatable bonds is 4. The van der Waals surface area contributed by atoms with Gasteiger partial charge in [0.25, 0.3) is 0 Å². The van der Waals surface area contributed by atoms with E-state index in [0.29, 0.717) is 22.3 Å². The zero-order chi connectivity index (χ0) is 13.8. The Morgan fingerprint density at radius 2 is 2.21 bits per heavy atom. The van der Waals surface area contributed by atoms with Crippen molar-refractivity contribution in [3.05, 3.63) is 16.4 Å². The summed E-state index contributed by atoms with van der Waals surface area (Å²) >= 11 is 12.0. The zero-order valence-corrected chi connectivity index (χ0v) is 12.9. The number of nitrogens with one attached hydrogen (secondary N) is 1. The molecule has 2 rings (SSSR count). The molecule has 1 atom stereocenters. The molecule has 19 heavy (non-hydrogen) atoms. The van der Waals surface area contributed by atoms with E-state index in [0.717, 1.165) is 25.3 Å². The van der Waals surface area contributed by atoms with Crippen LogP contribution in [-0.2, 0) is 0 Å². The second-order valence-corrected chi connectivity index (χ2v) is 6.11. The van der Waals surface area contributed by atoms with Crippen molar-refractivity contribution >= 4 is 28.9 Å². The Balaban J connectivity index is 2.02. The SMILES string of the molecule is CC(C)NCC1CCCN(c2cc(Cl)nnc2Cl)C1. The third kappa shape index (κ3) is 4.20. The number of anilines is 1. The van der Waals surface area contributed by atoms with Crippen molar-refractivity contribution in [2.24, 2.45) is 5.92 Å². The molecule has 1 N–H and O–H groups in total. The summed E-state index contributed by atoms with van der Waals surface area (Å²) in [6.07, 6.45) is 2.42. The van der Waals surface area contributed by atoms with Gasteiger partial charge >= 0.3 is 0 Å². The van der Waals surface area contributed by atoms with Crippen LogP contribution in [0.3, 0.4) is 0 Å². The van der Waals surface area contributed by atoms with Crippen molar-refractivity contribution in [1.29, 1.82) is 0 Å². The van der Waals surface area contributed by atoms with Crippen molar-refractivity contribution in [1.82, 2.24) is 15.5 Å². The van der Waals surface area contributed by atoms with Crippen molar-refractivity contribution in [3.63, 3.8) is 0 Å². The van der Waals surface area contributed by atoms with E-state index in [2.05, 4.69) is 34.3 Å². The molecule has 6 heteroatoms. The molecule has 0 aliphatic carbocycles. The van der Waals surface area contributed by atoms with Crippen molar-refractivity contribution in [2.75, 3.05) is 24.5 Å². The summed E-state index contributed by atoms with van der Waals surface area (Å²) in [7, 11) is 0. The highest BCUT2D eigenvalue weighted by molar-refractivity contribution is 6.33. The predicted molar refractivity (Wildman–Crippen MR) is 80.1 cm³/mol. The minimum atomic E-state index is 0.391. The smallest absolute Gasteiger partial charge is 0.175 e. The van der Waals surface area contributed by atoms with Gasteiger partial charge in [0.1, 0.15) is 0 Å². The molecule has 106 valence electrons. The number of hydrogen-bond acceptors (Lipinski definition) is 4. The Kier molecular flexibility index (Phi) is 5.25. The lowest BCUT2D eigenvalue weighted by molar-refractivity contribution is 0.379. The van der Waals surface area contributed by atoms with E-state index in [-0.39, 0.29) is 0 Å². The molecule has 1 unspecified atom stereocenters. The number of nitrogens with zero attached hydrogens (tertiary/aromatic N) is 3. The van der Waals surface area contributed by atoms with Gasteiger partial charge in [0.2, 0.25) is 0 Å². The normalized spacial score (nSPS) is 20.1. The van der Waals surface area contributed by atoms with Crippen molar-refractivity contribution in [2.45, 2.75) is 32.7 Å². The Bertz CT molecular complexity index is 425. The quantitative estimate of drug-likeness (QED) is 0.928. The lowest BCUT2D eigenvalue weighted by Crippen LogP contribution is -2.41. The first kappa shape index (κ1) is 14.8. The number of hydrogen-bond donors (Lipinski definition) is 1. The van der Waals surface area contributed by atoms with Gasteiger partial charge in [-0.1, -0.05) is 37.0 Å². The molecule has 0 spiro atoms. The number of aromatic nitrogens is 2. The molecule has 1 aliphatic heterocycles. The Labute approximate surface area is 124 Å². The highest BCUT2D eigenvalue weighted by atomic mass is 35.5. The topological polar surface area (TPSA) is 41.0 Å². The highest BCUT2D eigenvalue weighted by Crippen LogP contribution is 2.29. The Morgan fingerprint density at radius 1 is 1.42 bits per heavy atom. The van der Waals surface area contributed by atoms with E-state index < -0.39 is 0 Å². The van der Waals surface area contributed by atoms with Crippen molar-refractivity contribution < 1.29 is 0 Å². The lowest BCUT2D eigenvalue weighted by atomic mass is 9.97. The van der Waals surface area contributed by atoms with Gasteiger partial charge in [-0.15, -0.1) is 10.2 Å². The van der Waals surface area contributed by atoms with Crippen LogP contribution in [0, 0.1) is 5.92 Å². The fourth-order valence-electron chi connectivity index (χ4n) is 2.42. The summed E-state index contributed by atoms with van der Waals surface area (Å²) in [5.74, 6) is 0.638. The van der Waals surface area contributed by atoms with E-state index in [4.69, 9.17) is 23.2 Å². The second kappa shape index (κ2) is 6.73. The highest BCUT2D eigenvalue weighted by Gasteiger charge is 2.22. The van der Waals surface area contributed by atoms with Crippen LogP contribution in [0.4, 0.5) is 5.69 Å². The maximum absolute atomic E-state index is 6.12. The van der Waals surface area contributed by atoms with Gasteiger partial charge in [0, 0.05) is 25.2 Å². The van der Waals surface area contributed by atoms with Gasteiger partial charge in [-0.3, -0.25) is 0 Å². The molecule has 0 aromatic carbocycles. The zero-order valence-electron chi connectivity index (χ0n) is 11.4.